The van der Waals surface area contributed by atoms with Crippen molar-refractivity contribution in [1.29, 1.82) is 0 Å². The summed E-state index contributed by atoms with van der Waals surface area (Å²) < 4.78 is 35.7. The van der Waals surface area contributed by atoms with Gasteiger partial charge in [-0.2, -0.15) is 0 Å². The van der Waals surface area contributed by atoms with Gasteiger partial charge in [0, 0.05) is 23.1 Å². The Bertz CT molecular complexity index is 637. The van der Waals surface area contributed by atoms with Gasteiger partial charge in [-0.15, -0.1) is 12.3 Å². The maximum atomic E-state index is 13.6. The van der Waals surface area contributed by atoms with Gasteiger partial charge in [0.1, 0.15) is 5.82 Å². The average molecular weight is 304 g/mol. The van der Waals surface area contributed by atoms with Gasteiger partial charge in [0.25, 0.3) is 15.0 Å². The van der Waals surface area contributed by atoms with Gasteiger partial charge in [-0.1, -0.05) is 0 Å². The van der Waals surface area contributed by atoms with Crippen molar-refractivity contribution in [2.75, 3.05) is 0 Å². The normalized spacial score (nSPS) is 12.5. The van der Waals surface area contributed by atoms with Crippen LogP contribution >= 0.6 is 10.7 Å². The van der Waals surface area contributed by atoms with Gasteiger partial charge in [0.15, 0.2) is 0 Å². The molecule has 0 bridgehead atoms. The van der Waals surface area contributed by atoms with E-state index in [0.717, 1.165) is 12.1 Å². The van der Waals surface area contributed by atoms with E-state index < -0.39 is 25.7 Å². The number of nitrogens with one attached hydrogen (secondary N) is 1. The summed E-state index contributed by atoms with van der Waals surface area (Å²) in [5.41, 5.74) is -0.270. The predicted molar refractivity (Wildman–Crippen MR) is 69.8 cm³/mol. The highest BCUT2D eigenvalue weighted by molar-refractivity contribution is 8.13. The van der Waals surface area contributed by atoms with E-state index in [9.17, 15) is 17.6 Å². The quantitative estimate of drug-likeness (QED) is 0.682. The van der Waals surface area contributed by atoms with Crippen molar-refractivity contribution in [3.05, 3.63) is 29.6 Å². The van der Waals surface area contributed by atoms with Crippen LogP contribution in [0.25, 0.3) is 0 Å². The zero-order valence-corrected chi connectivity index (χ0v) is 11.6. The summed E-state index contributed by atoms with van der Waals surface area (Å²) in [6.45, 7) is 1.67. The summed E-state index contributed by atoms with van der Waals surface area (Å²) in [5.74, 6) is 0.729. The number of benzene rings is 1. The Kier molecular flexibility index (Phi) is 4.92. The van der Waals surface area contributed by atoms with E-state index in [1.54, 1.807) is 6.92 Å². The lowest BCUT2D eigenvalue weighted by Gasteiger charge is -2.11. The SMILES string of the molecule is C#CCC(C)NC(=O)c1ccc(S(=O)(=O)Cl)cc1F. The monoisotopic (exact) mass is 303 g/mol. The molecule has 102 valence electrons. The molecule has 0 spiro atoms. The summed E-state index contributed by atoms with van der Waals surface area (Å²) in [5, 5.41) is 2.49. The number of rotatable bonds is 4. The Morgan fingerprint density at radius 3 is 2.68 bits per heavy atom. The molecule has 0 aliphatic carbocycles. The number of terminal acetylenes is 1. The van der Waals surface area contributed by atoms with Crippen molar-refractivity contribution in [3.63, 3.8) is 0 Å². The highest BCUT2D eigenvalue weighted by atomic mass is 35.7. The molecule has 0 aliphatic heterocycles. The van der Waals surface area contributed by atoms with Crippen molar-refractivity contribution in [1.82, 2.24) is 5.32 Å². The lowest BCUT2D eigenvalue weighted by Crippen LogP contribution is -2.32. The minimum Gasteiger partial charge on any atom is -0.349 e. The fourth-order valence-corrected chi connectivity index (χ4v) is 2.12. The van der Waals surface area contributed by atoms with Gasteiger partial charge in [-0.3, -0.25) is 4.79 Å². The Morgan fingerprint density at radius 2 is 2.21 bits per heavy atom. The maximum absolute atomic E-state index is 13.6. The highest BCUT2D eigenvalue weighted by Crippen LogP contribution is 2.18. The highest BCUT2D eigenvalue weighted by Gasteiger charge is 2.17. The average Bonchev–Trinajstić information content (AvgIpc) is 2.27. The first-order valence-corrected chi connectivity index (χ1v) is 7.55. The van der Waals surface area contributed by atoms with E-state index in [1.807, 2.05) is 0 Å². The Balaban J connectivity index is 2.98. The van der Waals surface area contributed by atoms with Gasteiger partial charge in [0.2, 0.25) is 0 Å². The molecule has 1 unspecified atom stereocenters. The van der Waals surface area contributed by atoms with E-state index >= 15 is 0 Å². The molecule has 7 heteroatoms. The summed E-state index contributed by atoms with van der Waals surface area (Å²) in [6.07, 6.45) is 5.39. The van der Waals surface area contributed by atoms with Crippen molar-refractivity contribution in [2.45, 2.75) is 24.3 Å². The smallest absolute Gasteiger partial charge is 0.261 e. The Hall–Kier alpha value is -1.58. The number of hydrogen-bond donors (Lipinski definition) is 1. The molecule has 1 N–H and O–H groups in total. The molecule has 1 atom stereocenters. The molecule has 1 aromatic carbocycles. The van der Waals surface area contributed by atoms with Crippen LogP contribution in [0.3, 0.4) is 0 Å². The van der Waals surface area contributed by atoms with Gasteiger partial charge in [-0.05, 0) is 25.1 Å². The molecule has 1 amide bonds. The first-order valence-electron chi connectivity index (χ1n) is 5.24. The van der Waals surface area contributed by atoms with Gasteiger partial charge < -0.3 is 5.32 Å². The second-order valence-electron chi connectivity index (χ2n) is 3.86. The largest absolute Gasteiger partial charge is 0.349 e. The second-order valence-corrected chi connectivity index (χ2v) is 6.43. The summed E-state index contributed by atoms with van der Waals surface area (Å²) in [4.78, 5) is 11.3. The fourth-order valence-electron chi connectivity index (χ4n) is 1.36. The van der Waals surface area contributed by atoms with E-state index in [1.165, 1.54) is 0 Å². The van der Waals surface area contributed by atoms with E-state index in [0.29, 0.717) is 12.5 Å². The zero-order chi connectivity index (χ0) is 14.6. The Labute approximate surface area is 115 Å². The van der Waals surface area contributed by atoms with Crippen LogP contribution in [0.4, 0.5) is 4.39 Å². The van der Waals surface area contributed by atoms with Crippen molar-refractivity contribution in [2.24, 2.45) is 0 Å². The standard InChI is InChI=1S/C12H11ClFNO3S/c1-3-4-8(2)15-12(16)10-6-5-9(7-11(10)14)19(13,17)18/h1,5-8H,4H2,2H3,(H,15,16). The molecule has 0 aliphatic rings. The third-order valence-electron chi connectivity index (χ3n) is 2.27. The molecule has 0 fully saturated rings. The minimum absolute atomic E-state index is 0.270. The minimum atomic E-state index is -4.03. The third kappa shape index (κ3) is 4.23. The molecule has 1 rings (SSSR count). The van der Waals surface area contributed by atoms with Crippen LogP contribution in [0, 0.1) is 18.2 Å². The van der Waals surface area contributed by atoms with Gasteiger partial charge in [-0.25, -0.2) is 12.8 Å². The second kappa shape index (κ2) is 6.04. The molecule has 0 radical (unpaired) electrons. The zero-order valence-electron chi connectivity index (χ0n) is 9.98. The van der Waals surface area contributed by atoms with Crippen LogP contribution in [0.5, 0.6) is 0 Å². The third-order valence-corrected chi connectivity index (χ3v) is 3.62. The first-order chi connectivity index (χ1) is 8.75. The first kappa shape index (κ1) is 15.5. The number of amides is 1. The Morgan fingerprint density at radius 1 is 1.58 bits per heavy atom. The molecule has 0 aromatic heterocycles. The van der Waals surface area contributed by atoms with Gasteiger partial charge >= 0.3 is 0 Å². The van der Waals surface area contributed by atoms with E-state index in [4.69, 9.17) is 17.1 Å². The van der Waals surface area contributed by atoms with Crippen molar-refractivity contribution in [3.8, 4) is 12.3 Å². The molecule has 0 saturated heterocycles. The molecular formula is C12H11ClFNO3S. The van der Waals surface area contributed by atoms with Crippen LogP contribution in [0.2, 0.25) is 0 Å². The van der Waals surface area contributed by atoms with Crippen LogP contribution in [-0.4, -0.2) is 20.4 Å². The predicted octanol–water partition coefficient (Wildman–Crippen LogP) is 1.89. The summed E-state index contributed by atoms with van der Waals surface area (Å²) in [6, 6.07) is 2.51. The summed E-state index contributed by atoms with van der Waals surface area (Å²) >= 11 is 0. The number of carbonyl (C=O) groups is 1. The molecule has 19 heavy (non-hydrogen) atoms. The summed E-state index contributed by atoms with van der Waals surface area (Å²) in [7, 11) is 1.05. The van der Waals surface area contributed by atoms with Crippen LogP contribution in [0.1, 0.15) is 23.7 Å². The molecule has 0 heterocycles. The van der Waals surface area contributed by atoms with Crippen LogP contribution in [0.15, 0.2) is 23.1 Å². The maximum Gasteiger partial charge on any atom is 0.261 e. The van der Waals surface area contributed by atoms with Gasteiger partial charge in [0.05, 0.1) is 10.5 Å². The van der Waals surface area contributed by atoms with E-state index in [-0.39, 0.29) is 11.6 Å². The number of halogens is 2. The molecule has 4 nitrogen and oxygen atoms in total. The topological polar surface area (TPSA) is 63.2 Å². The van der Waals surface area contributed by atoms with Crippen LogP contribution < -0.4 is 5.32 Å². The molecule has 1 aromatic rings. The number of carbonyl (C=O) groups excluding carboxylic acids is 1. The van der Waals surface area contributed by atoms with Crippen molar-refractivity contribution < 1.29 is 17.6 Å². The van der Waals surface area contributed by atoms with Crippen LogP contribution in [-0.2, 0) is 9.05 Å². The molecular weight excluding hydrogens is 293 g/mol. The fraction of sp³-hybridized carbons (Fsp3) is 0.250. The lowest BCUT2D eigenvalue weighted by atomic mass is 10.1. The lowest BCUT2D eigenvalue weighted by molar-refractivity contribution is 0.0936. The van der Waals surface area contributed by atoms with Crippen molar-refractivity contribution >= 4 is 25.6 Å². The molecule has 0 saturated carbocycles. The van der Waals surface area contributed by atoms with E-state index in [2.05, 4.69) is 11.2 Å². The number of hydrogen-bond acceptors (Lipinski definition) is 3.